The van der Waals surface area contributed by atoms with Gasteiger partial charge in [0.15, 0.2) is 5.78 Å². The molecule has 0 spiro atoms. The Kier molecular flexibility index (Phi) is 5.89. The molecule has 0 saturated heterocycles. The van der Waals surface area contributed by atoms with Crippen LogP contribution in [-0.4, -0.2) is 16.6 Å². The second kappa shape index (κ2) is 8.56. The monoisotopic (exact) mass is 459 g/mol. The van der Waals surface area contributed by atoms with E-state index >= 15 is 0 Å². The van der Waals surface area contributed by atoms with E-state index < -0.39 is 10.8 Å². The highest BCUT2D eigenvalue weighted by Crippen LogP contribution is 2.47. The Hall–Kier alpha value is -3.74. The molecule has 7 nitrogen and oxygen atoms in total. The number of carbonyl (C=O) groups is 2. The summed E-state index contributed by atoms with van der Waals surface area (Å²) in [4.78, 5) is 37.7. The number of benzene rings is 2. The van der Waals surface area contributed by atoms with E-state index in [-0.39, 0.29) is 22.8 Å². The second-order valence-corrected chi connectivity index (χ2v) is 10.1. The molecule has 0 radical (unpaired) electrons. The maximum absolute atomic E-state index is 13.6. The molecule has 1 heterocycles. The Morgan fingerprint density at radius 2 is 1.76 bits per heavy atom. The molecule has 0 aromatic heterocycles. The molecule has 0 saturated carbocycles. The predicted molar refractivity (Wildman–Crippen MR) is 131 cm³/mol. The fourth-order valence-corrected chi connectivity index (χ4v) is 5.00. The van der Waals surface area contributed by atoms with E-state index in [9.17, 15) is 19.7 Å². The van der Waals surface area contributed by atoms with Crippen LogP contribution in [0.5, 0.6) is 0 Å². The molecule has 0 fully saturated rings. The van der Waals surface area contributed by atoms with Crippen LogP contribution < -0.4 is 10.6 Å². The van der Waals surface area contributed by atoms with E-state index in [4.69, 9.17) is 0 Å². The maximum Gasteiger partial charge on any atom is 0.269 e. The summed E-state index contributed by atoms with van der Waals surface area (Å²) in [5, 5.41) is 17.5. The topological polar surface area (TPSA) is 101 Å². The van der Waals surface area contributed by atoms with Crippen LogP contribution in [0.3, 0.4) is 0 Å². The molecular weight excluding hydrogens is 430 g/mol. The summed E-state index contributed by atoms with van der Waals surface area (Å²) in [6.07, 6.45) is 1.06. The lowest BCUT2D eigenvalue weighted by Crippen LogP contribution is -2.39. The van der Waals surface area contributed by atoms with Crippen LogP contribution in [0.15, 0.2) is 65.0 Å². The van der Waals surface area contributed by atoms with E-state index in [0.717, 1.165) is 16.8 Å². The van der Waals surface area contributed by atoms with Crippen molar-refractivity contribution >= 4 is 23.1 Å². The first kappa shape index (κ1) is 23.4. The largest absolute Gasteiger partial charge is 0.362 e. The minimum absolute atomic E-state index is 0.00795. The first-order valence-corrected chi connectivity index (χ1v) is 11.3. The number of ketones is 1. The Labute approximate surface area is 199 Å². The fourth-order valence-electron chi connectivity index (χ4n) is 5.00. The van der Waals surface area contributed by atoms with Gasteiger partial charge in [-0.25, -0.2) is 0 Å². The van der Waals surface area contributed by atoms with Crippen LogP contribution in [0.4, 0.5) is 11.4 Å². The average molecular weight is 460 g/mol. The first-order chi connectivity index (χ1) is 16.0. The van der Waals surface area contributed by atoms with Crippen molar-refractivity contribution in [1.82, 2.24) is 5.32 Å². The zero-order chi connectivity index (χ0) is 24.8. The number of amides is 1. The Bertz CT molecular complexity index is 1270. The zero-order valence-electron chi connectivity index (χ0n) is 20.1. The molecule has 2 N–H and O–H groups in total. The summed E-state index contributed by atoms with van der Waals surface area (Å²) in [5.74, 6) is -0.915. The number of anilines is 1. The van der Waals surface area contributed by atoms with Crippen LogP contribution in [0.1, 0.15) is 56.2 Å². The van der Waals surface area contributed by atoms with E-state index in [1.165, 1.54) is 12.1 Å². The van der Waals surface area contributed by atoms with Crippen LogP contribution in [0, 0.1) is 29.4 Å². The molecule has 1 amide bonds. The summed E-state index contributed by atoms with van der Waals surface area (Å²) < 4.78 is 0. The van der Waals surface area contributed by atoms with Crippen molar-refractivity contribution in [3.8, 4) is 0 Å². The molecule has 1 aliphatic heterocycles. The van der Waals surface area contributed by atoms with Gasteiger partial charge in [0, 0.05) is 52.7 Å². The number of carbonyl (C=O) groups excluding carboxylic acids is 2. The number of non-ortho nitro benzene ring substituents is 1. The molecule has 1 atom stereocenters. The number of hydrogen-bond acceptors (Lipinski definition) is 5. The Morgan fingerprint density at radius 3 is 2.38 bits per heavy atom. The SMILES string of the molecule is CC1=C(C(=O)Nc2ccc(C)cc2C)C(c2ccc([N+](=O)[O-])cc2)C2=C(CC(C)(C)CC2=O)N1. The summed E-state index contributed by atoms with van der Waals surface area (Å²) in [5.41, 5.74) is 5.71. The highest BCUT2D eigenvalue weighted by atomic mass is 16.6. The lowest BCUT2D eigenvalue weighted by Gasteiger charge is -2.39. The Balaban J connectivity index is 1.81. The third-order valence-corrected chi connectivity index (χ3v) is 6.55. The molecule has 2 aromatic carbocycles. The number of Topliss-reactive ketones (excluding diaryl/α,β-unsaturated/α-hetero) is 1. The van der Waals surface area contributed by atoms with Gasteiger partial charge in [-0.1, -0.05) is 43.7 Å². The van der Waals surface area contributed by atoms with Gasteiger partial charge in [0.2, 0.25) is 0 Å². The third kappa shape index (κ3) is 4.38. The molecule has 4 rings (SSSR count). The van der Waals surface area contributed by atoms with E-state index in [1.807, 2.05) is 39.0 Å². The normalized spacial score (nSPS) is 19.4. The van der Waals surface area contributed by atoms with E-state index in [2.05, 4.69) is 24.5 Å². The van der Waals surface area contributed by atoms with E-state index in [1.54, 1.807) is 12.1 Å². The van der Waals surface area contributed by atoms with Crippen molar-refractivity contribution in [3.05, 3.63) is 91.8 Å². The van der Waals surface area contributed by atoms with Crippen LogP contribution in [0.25, 0.3) is 0 Å². The van der Waals surface area contributed by atoms with Crippen molar-refractivity contribution in [3.63, 3.8) is 0 Å². The first-order valence-electron chi connectivity index (χ1n) is 11.3. The van der Waals surface area contributed by atoms with Crippen molar-refractivity contribution in [2.45, 2.75) is 53.4 Å². The molecular formula is C27H29N3O4. The summed E-state index contributed by atoms with van der Waals surface area (Å²) in [7, 11) is 0. The lowest BCUT2D eigenvalue weighted by atomic mass is 9.68. The van der Waals surface area contributed by atoms with Crippen LogP contribution in [0.2, 0.25) is 0 Å². The van der Waals surface area contributed by atoms with Gasteiger partial charge >= 0.3 is 0 Å². The molecule has 34 heavy (non-hydrogen) atoms. The Morgan fingerprint density at radius 1 is 1.09 bits per heavy atom. The maximum atomic E-state index is 13.6. The van der Waals surface area contributed by atoms with Gasteiger partial charge in [0.25, 0.3) is 11.6 Å². The molecule has 176 valence electrons. The number of nitro benzene ring substituents is 1. The van der Waals surface area contributed by atoms with Crippen LogP contribution >= 0.6 is 0 Å². The quantitative estimate of drug-likeness (QED) is 0.467. The van der Waals surface area contributed by atoms with Crippen molar-refractivity contribution in [1.29, 1.82) is 0 Å². The molecule has 2 aromatic rings. The minimum atomic E-state index is -0.605. The predicted octanol–water partition coefficient (Wildman–Crippen LogP) is 5.45. The smallest absolute Gasteiger partial charge is 0.269 e. The number of nitrogens with zero attached hydrogens (tertiary/aromatic N) is 1. The van der Waals surface area contributed by atoms with Crippen molar-refractivity contribution in [2.24, 2.45) is 5.41 Å². The number of rotatable bonds is 4. The van der Waals surface area contributed by atoms with Gasteiger partial charge in [0.05, 0.1) is 4.92 Å². The number of hydrogen-bond donors (Lipinski definition) is 2. The number of nitrogens with one attached hydrogen (secondary N) is 2. The zero-order valence-corrected chi connectivity index (χ0v) is 20.1. The van der Waals surface area contributed by atoms with Crippen molar-refractivity contribution in [2.75, 3.05) is 5.32 Å². The number of nitro groups is 1. The number of dihydropyridines is 1. The van der Waals surface area contributed by atoms with Gasteiger partial charge < -0.3 is 10.6 Å². The van der Waals surface area contributed by atoms with Gasteiger partial charge in [-0.2, -0.15) is 0 Å². The number of aryl methyl sites for hydroxylation is 2. The second-order valence-electron chi connectivity index (χ2n) is 10.1. The van der Waals surface area contributed by atoms with Gasteiger partial charge in [0.1, 0.15) is 0 Å². The summed E-state index contributed by atoms with van der Waals surface area (Å²) >= 11 is 0. The average Bonchev–Trinajstić information content (AvgIpc) is 2.73. The van der Waals surface area contributed by atoms with Gasteiger partial charge in [-0.15, -0.1) is 0 Å². The van der Waals surface area contributed by atoms with Crippen molar-refractivity contribution < 1.29 is 14.5 Å². The molecule has 2 aliphatic rings. The molecule has 1 aliphatic carbocycles. The molecule has 1 unspecified atom stereocenters. The number of allylic oxidation sites excluding steroid dienone is 3. The highest BCUT2D eigenvalue weighted by Gasteiger charge is 2.42. The van der Waals surface area contributed by atoms with Crippen LogP contribution in [-0.2, 0) is 9.59 Å². The standard InChI is InChI=1S/C27H29N3O4/c1-15-6-11-20(16(2)12-15)29-26(32)23-17(3)28-21-13-27(4,5)14-22(31)25(21)24(23)18-7-9-19(10-8-18)30(33)34/h6-12,24,28H,13-14H2,1-5H3,(H,29,32). The highest BCUT2D eigenvalue weighted by molar-refractivity contribution is 6.10. The molecule has 0 bridgehead atoms. The fraction of sp³-hybridized carbons (Fsp3) is 0.333. The third-order valence-electron chi connectivity index (χ3n) is 6.55. The molecule has 7 heteroatoms. The summed E-state index contributed by atoms with van der Waals surface area (Å²) in [6.45, 7) is 9.87. The summed E-state index contributed by atoms with van der Waals surface area (Å²) in [6, 6.07) is 11.9. The van der Waals surface area contributed by atoms with E-state index in [0.29, 0.717) is 40.9 Å². The minimum Gasteiger partial charge on any atom is -0.362 e. The van der Waals surface area contributed by atoms with Gasteiger partial charge in [-0.3, -0.25) is 19.7 Å². The van der Waals surface area contributed by atoms with Gasteiger partial charge in [-0.05, 0) is 49.8 Å². The lowest BCUT2D eigenvalue weighted by molar-refractivity contribution is -0.384.